The number of rotatable bonds is 4. The van der Waals surface area contributed by atoms with Crippen LogP contribution < -0.4 is 0 Å². The predicted molar refractivity (Wildman–Crippen MR) is 70.5 cm³/mol. The molecule has 0 unspecified atom stereocenters. The molecule has 1 aliphatic carbocycles. The van der Waals surface area contributed by atoms with Crippen LogP contribution in [0.2, 0.25) is 0 Å². The molecule has 17 heavy (non-hydrogen) atoms. The maximum atomic E-state index is 12.5. The van der Waals surface area contributed by atoms with E-state index in [1.54, 1.807) is 18.4 Å². The second-order valence-electron chi connectivity index (χ2n) is 4.79. The largest absolute Gasteiger partial charge is 0.370 e. The van der Waals surface area contributed by atoms with Gasteiger partial charge >= 0.3 is 0 Å². The standard InChI is InChI=1S/C14H20O2S/c1-16-14(8-4-2-3-5-9-14)13(15)11-12-7-6-10-17-12/h6-7,10H,2-5,8-9,11H2,1H3. The minimum Gasteiger partial charge on any atom is -0.370 e. The second kappa shape index (κ2) is 5.78. The molecule has 1 aliphatic rings. The van der Waals surface area contributed by atoms with Crippen molar-refractivity contribution in [3.8, 4) is 0 Å². The average molecular weight is 252 g/mol. The molecule has 1 heterocycles. The normalized spacial score (nSPS) is 19.8. The van der Waals surface area contributed by atoms with Gasteiger partial charge < -0.3 is 4.74 Å². The second-order valence-corrected chi connectivity index (χ2v) is 5.82. The Morgan fingerprint density at radius 3 is 2.59 bits per heavy atom. The van der Waals surface area contributed by atoms with Crippen molar-refractivity contribution < 1.29 is 9.53 Å². The van der Waals surface area contributed by atoms with Gasteiger partial charge in [-0.05, 0) is 24.3 Å². The van der Waals surface area contributed by atoms with Crippen LogP contribution in [0.15, 0.2) is 17.5 Å². The summed E-state index contributed by atoms with van der Waals surface area (Å²) in [7, 11) is 1.69. The van der Waals surface area contributed by atoms with Gasteiger partial charge in [0.2, 0.25) is 0 Å². The van der Waals surface area contributed by atoms with Crippen molar-refractivity contribution in [2.75, 3.05) is 7.11 Å². The van der Waals surface area contributed by atoms with Crippen molar-refractivity contribution >= 4 is 17.1 Å². The van der Waals surface area contributed by atoms with E-state index in [0.717, 1.165) is 30.6 Å². The van der Waals surface area contributed by atoms with E-state index in [-0.39, 0.29) is 5.78 Å². The number of thiophene rings is 1. The summed E-state index contributed by atoms with van der Waals surface area (Å²) in [5.74, 6) is 0.268. The number of ether oxygens (including phenoxy) is 1. The SMILES string of the molecule is COC1(C(=O)Cc2cccs2)CCCCCC1. The number of carbonyl (C=O) groups is 1. The number of hydrogen-bond acceptors (Lipinski definition) is 3. The third-order valence-corrected chi connectivity index (χ3v) is 4.60. The van der Waals surface area contributed by atoms with Crippen molar-refractivity contribution in [3.63, 3.8) is 0 Å². The summed E-state index contributed by atoms with van der Waals surface area (Å²) in [6, 6.07) is 4.03. The molecule has 0 aliphatic heterocycles. The highest BCUT2D eigenvalue weighted by atomic mass is 32.1. The smallest absolute Gasteiger partial charge is 0.169 e. The molecule has 0 atom stereocenters. The lowest BCUT2D eigenvalue weighted by atomic mass is 9.87. The highest BCUT2D eigenvalue weighted by Crippen LogP contribution is 2.32. The molecule has 1 aromatic heterocycles. The third-order valence-electron chi connectivity index (χ3n) is 3.73. The van der Waals surface area contributed by atoms with Gasteiger partial charge in [0.1, 0.15) is 5.60 Å². The van der Waals surface area contributed by atoms with Crippen molar-refractivity contribution in [1.82, 2.24) is 0 Å². The van der Waals surface area contributed by atoms with Crippen molar-refractivity contribution in [3.05, 3.63) is 22.4 Å². The summed E-state index contributed by atoms with van der Waals surface area (Å²) in [6.07, 6.45) is 7.02. The van der Waals surface area contributed by atoms with Gasteiger partial charge in [-0.2, -0.15) is 0 Å². The number of methoxy groups -OCH3 is 1. The van der Waals surface area contributed by atoms with Gasteiger partial charge in [-0.1, -0.05) is 31.7 Å². The van der Waals surface area contributed by atoms with E-state index in [0.29, 0.717) is 6.42 Å². The van der Waals surface area contributed by atoms with Crippen molar-refractivity contribution in [1.29, 1.82) is 0 Å². The highest BCUT2D eigenvalue weighted by molar-refractivity contribution is 7.10. The van der Waals surface area contributed by atoms with Crippen LogP contribution >= 0.6 is 11.3 Å². The topological polar surface area (TPSA) is 26.3 Å². The van der Waals surface area contributed by atoms with Crippen LogP contribution in [0.25, 0.3) is 0 Å². The lowest BCUT2D eigenvalue weighted by Crippen LogP contribution is -2.41. The van der Waals surface area contributed by atoms with Gasteiger partial charge in [-0.3, -0.25) is 4.79 Å². The van der Waals surface area contributed by atoms with Crippen molar-refractivity contribution in [2.45, 2.75) is 50.5 Å². The summed E-state index contributed by atoms with van der Waals surface area (Å²) in [6.45, 7) is 0. The first-order valence-corrected chi connectivity index (χ1v) is 7.26. The van der Waals surface area contributed by atoms with E-state index in [1.165, 1.54) is 12.8 Å². The summed E-state index contributed by atoms with van der Waals surface area (Å²) < 4.78 is 5.62. The fraction of sp³-hybridized carbons (Fsp3) is 0.643. The molecule has 2 nitrogen and oxygen atoms in total. The molecule has 0 radical (unpaired) electrons. The first-order chi connectivity index (χ1) is 8.27. The molecular weight excluding hydrogens is 232 g/mol. The Labute approximate surface area is 107 Å². The molecule has 0 saturated heterocycles. The van der Waals surface area contributed by atoms with Crippen LogP contribution in [0.5, 0.6) is 0 Å². The van der Waals surface area contributed by atoms with Crippen LogP contribution in [-0.2, 0) is 16.0 Å². The first-order valence-electron chi connectivity index (χ1n) is 6.38. The molecule has 0 bridgehead atoms. The average Bonchev–Trinajstić information content (AvgIpc) is 2.72. The first kappa shape index (κ1) is 12.8. The maximum absolute atomic E-state index is 12.5. The lowest BCUT2D eigenvalue weighted by Gasteiger charge is -2.29. The minimum atomic E-state index is -0.500. The summed E-state index contributed by atoms with van der Waals surface area (Å²) in [5, 5.41) is 2.02. The zero-order valence-electron chi connectivity index (χ0n) is 10.4. The van der Waals surface area contributed by atoms with Crippen molar-refractivity contribution in [2.24, 2.45) is 0 Å². The van der Waals surface area contributed by atoms with E-state index in [2.05, 4.69) is 0 Å². The van der Waals surface area contributed by atoms with Crippen LogP contribution in [0.1, 0.15) is 43.4 Å². The summed E-state index contributed by atoms with van der Waals surface area (Å²) in [4.78, 5) is 13.6. The number of carbonyl (C=O) groups excluding carboxylic acids is 1. The molecule has 0 spiro atoms. The van der Waals surface area contributed by atoms with E-state index >= 15 is 0 Å². The van der Waals surface area contributed by atoms with Gasteiger partial charge in [-0.15, -0.1) is 11.3 Å². The molecule has 0 aromatic carbocycles. The van der Waals surface area contributed by atoms with Gasteiger partial charge in [0.05, 0.1) is 0 Å². The quantitative estimate of drug-likeness (QED) is 0.765. The molecule has 1 aromatic rings. The Morgan fingerprint density at radius 1 is 1.35 bits per heavy atom. The van der Waals surface area contributed by atoms with Gasteiger partial charge in [0.15, 0.2) is 5.78 Å². The van der Waals surface area contributed by atoms with Gasteiger partial charge in [0.25, 0.3) is 0 Å². The Morgan fingerprint density at radius 2 is 2.06 bits per heavy atom. The number of ketones is 1. The molecule has 94 valence electrons. The maximum Gasteiger partial charge on any atom is 0.169 e. The molecule has 0 amide bonds. The van der Waals surface area contributed by atoms with Crippen LogP contribution in [-0.4, -0.2) is 18.5 Å². The van der Waals surface area contributed by atoms with Gasteiger partial charge in [-0.25, -0.2) is 0 Å². The highest BCUT2D eigenvalue weighted by Gasteiger charge is 2.37. The molecule has 1 saturated carbocycles. The Kier molecular flexibility index (Phi) is 4.35. The van der Waals surface area contributed by atoms with Gasteiger partial charge in [0, 0.05) is 18.4 Å². The fourth-order valence-electron chi connectivity index (χ4n) is 2.63. The fourth-order valence-corrected chi connectivity index (χ4v) is 3.33. The van der Waals surface area contributed by atoms with Crippen LogP contribution in [0.4, 0.5) is 0 Å². The lowest BCUT2D eigenvalue weighted by molar-refractivity contribution is -0.142. The predicted octanol–water partition coefficient (Wildman–Crippen LogP) is 3.60. The number of Topliss-reactive ketones (excluding diaryl/α,β-unsaturated/α-hetero) is 1. The summed E-state index contributed by atoms with van der Waals surface area (Å²) in [5.41, 5.74) is -0.500. The van der Waals surface area contributed by atoms with E-state index in [9.17, 15) is 4.79 Å². The van der Waals surface area contributed by atoms with E-state index in [4.69, 9.17) is 4.74 Å². The third kappa shape index (κ3) is 2.96. The van der Waals surface area contributed by atoms with E-state index in [1.807, 2.05) is 17.5 Å². The minimum absolute atomic E-state index is 0.268. The molecule has 2 rings (SSSR count). The number of hydrogen-bond donors (Lipinski definition) is 0. The Bertz CT molecular complexity index is 348. The zero-order valence-corrected chi connectivity index (χ0v) is 11.2. The summed E-state index contributed by atoms with van der Waals surface area (Å²) >= 11 is 1.65. The van der Waals surface area contributed by atoms with Crippen LogP contribution in [0.3, 0.4) is 0 Å². The molecule has 3 heteroatoms. The zero-order chi connectivity index (χ0) is 12.1. The molecular formula is C14H20O2S. The molecule has 0 N–H and O–H groups in total. The monoisotopic (exact) mass is 252 g/mol. The molecule has 1 fully saturated rings. The Balaban J connectivity index is 2.07. The Hall–Kier alpha value is -0.670. The van der Waals surface area contributed by atoms with E-state index < -0.39 is 5.60 Å². The van der Waals surface area contributed by atoms with Crippen LogP contribution in [0, 0.1) is 0 Å².